The van der Waals surface area contributed by atoms with Gasteiger partial charge in [-0.05, 0) is 56.0 Å². The third-order valence-electron chi connectivity index (χ3n) is 6.04. The summed E-state index contributed by atoms with van der Waals surface area (Å²) >= 11 is 0. The number of hydrogen-bond acceptors (Lipinski definition) is 4. The van der Waals surface area contributed by atoms with Gasteiger partial charge in [0, 0.05) is 42.3 Å². The van der Waals surface area contributed by atoms with Crippen LogP contribution >= 0.6 is 0 Å². The lowest BCUT2D eigenvalue weighted by Gasteiger charge is -2.30. The number of fused-ring (bicyclic) bond motifs is 1. The van der Waals surface area contributed by atoms with Crippen LogP contribution in [-0.2, 0) is 10.0 Å². The number of hydrogen-bond donors (Lipinski definition) is 2. The van der Waals surface area contributed by atoms with Gasteiger partial charge in [0.2, 0.25) is 10.0 Å². The Morgan fingerprint density at radius 3 is 2.41 bits per heavy atom. The van der Waals surface area contributed by atoms with E-state index in [0.29, 0.717) is 29.4 Å². The average Bonchev–Trinajstić information content (AvgIpc) is 2.98. The van der Waals surface area contributed by atoms with Crippen LogP contribution in [0.1, 0.15) is 49.0 Å². The fraction of sp³-hybridized carbons (Fsp3) is 0.375. The van der Waals surface area contributed by atoms with Gasteiger partial charge in [-0.2, -0.15) is 0 Å². The summed E-state index contributed by atoms with van der Waals surface area (Å²) in [4.78, 5) is 14.0. The maximum atomic E-state index is 12.5. The van der Waals surface area contributed by atoms with Gasteiger partial charge in [0.1, 0.15) is 0 Å². The zero-order valence-corrected chi connectivity index (χ0v) is 19.6. The van der Waals surface area contributed by atoms with Gasteiger partial charge in [-0.25, -0.2) is 8.42 Å². The largest absolute Gasteiger partial charge is 0.396 e. The smallest absolute Gasteiger partial charge is 0.253 e. The van der Waals surface area contributed by atoms with Crippen LogP contribution in [0.3, 0.4) is 0 Å². The lowest BCUT2D eigenvalue weighted by Crippen LogP contribution is -2.21. The monoisotopic (exact) mass is 454 g/mol. The molecule has 3 N–H and O–H groups in total. The minimum absolute atomic E-state index is 0.0621. The Labute approximate surface area is 189 Å². The van der Waals surface area contributed by atoms with Crippen LogP contribution in [0.25, 0.3) is 22.2 Å². The molecular formula is C24H30N4O3S. The first-order valence-corrected chi connectivity index (χ1v) is 12.6. The molecule has 0 spiro atoms. The highest BCUT2D eigenvalue weighted by atomic mass is 32.2. The Morgan fingerprint density at radius 2 is 1.84 bits per heavy atom. The molecule has 0 radical (unpaired) electrons. The summed E-state index contributed by atoms with van der Waals surface area (Å²) in [5, 5.41) is 0.868. The number of carbonyl (C=O) groups is 1. The van der Waals surface area contributed by atoms with Gasteiger partial charge < -0.3 is 15.2 Å². The molecule has 0 aliphatic heterocycles. The molecule has 7 nitrogen and oxygen atoms in total. The van der Waals surface area contributed by atoms with E-state index in [9.17, 15) is 13.2 Å². The number of carbonyl (C=O) groups excluding carboxylic acids is 1. The van der Waals surface area contributed by atoms with E-state index in [1.54, 1.807) is 31.1 Å². The molecule has 3 aromatic rings. The minimum atomic E-state index is -3.34. The Balaban J connectivity index is 1.79. The lowest BCUT2D eigenvalue weighted by atomic mass is 9.92. The van der Waals surface area contributed by atoms with Gasteiger partial charge in [0.25, 0.3) is 5.91 Å². The number of nitrogen functional groups attached to an aromatic ring is 1. The van der Waals surface area contributed by atoms with Crippen molar-refractivity contribution >= 4 is 38.2 Å². The molecular weight excluding hydrogens is 424 g/mol. The Kier molecular flexibility index (Phi) is 5.90. The zero-order valence-electron chi connectivity index (χ0n) is 18.8. The van der Waals surface area contributed by atoms with Gasteiger partial charge in [-0.1, -0.05) is 19.1 Å². The van der Waals surface area contributed by atoms with E-state index in [2.05, 4.69) is 9.29 Å². The molecule has 0 unspecified atom stereocenters. The summed E-state index contributed by atoms with van der Waals surface area (Å²) in [6.45, 7) is 1.84. The summed E-state index contributed by atoms with van der Waals surface area (Å²) < 4.78 is 29.1. The second-order valence-corrected chi connectivity index (χ2v) is 10.5. The molecule has 0 saturated heterocycles. The molecule has 0 atom stereocenters. The van der Waals surface area contributed by atoms with Crippen molar-refractivity contribution < 1.29 is 13.2 Å². The highest BCUT2D eigenvalue weighted by Gasteiger charge is 2.27. The van der Waals surface area contributed by atoms with Crippen LogP contribution in [0.4, 0.5) is 11.4 Å². The van der Waals surface area contributed by atoms with Gasteiger partial charge in [0.05, 0.1) is 22.7 Å². The summed E-state index contributed by atoms with van der Waals surface area (Å²) in [6, 6.07) is 13.4. The zero-order chi connectivity index (χ0) is 23.0. The van der Waals surface area contributed by atoms with Crippen molar-refractivity contribution in [2.45, 2.75) is 38.6 Å². The standard InChI is InChI=1S/C24H30N4O3S/c1-4-14-32(30,31)26-18-11-8-16(9-12-18)23-22(25)20-15-17(24(29)27(2)3)10-13-21(20)28(23)19-6-5-7-19/h8-13,15,19,26H,4-7,14,25H2,1-3H3. The lowest BCUT2D eigenvalue weighted by molar-refractivity contribution is 0.0828. The Bertz CT molecular complexity index is 1260. The topological polar surface area (TPSA) is 97.4 Å². The Hall–Kier alpha value is -3.00. The Morgan fingerprint density at radius 1 is 1.16 bits per heavy atom. The fourth-order valence-corrected chi connectivity index (χ4v) is 5.38. The van der Waals surface area contributed by atoms with E-state index in [-0.39, 0.29) is 11.7 Å². The van der Waals surface area contributed by atoms with Crippen molar-refractivity contribution in [3.8, 4) is 11.3 Å². The number of anilines is 2. The maximum Gasteiger partial charge on any atom is 0.253 e. The van der Waals surface area contributed by atoms with Crippen LogP contribution in [0.5, 0.6) is 0 Å². The minimum Gasteiger partial charge on any atom is -0.396 e. The van der Waals surface area contributed by atoms with Crippen molar-refractivity contribution in [2.24, 2.45) is 0 Å². The van der Waals surface area contributed by atoms with Gasteiger partial charge in [-0.15, -0.1) is 0 Å². The van der Waals surface area contributed by atoms with E-state index in [1.165, 1.54) is 6.42 Å². The van der Waals surface area contributed by atoms with Crippen LogP contribution in [0.2, 0.25) is 0 Å². The number of nitrogens with one attached hydrogen (secondary N) is 1. The highest BCUT2D eigenvalue weighted by molar-refractivity contribution is 7.92. The van der Waals surface area contributed by atoms with E-state index >= 15 is 0 Å². The van der Waals surface area contributed by atoms with Gasteiger partial charge in [-0.3, -0.25) is 9.52 Å². The number of aromatic nitrogens is 1. The molecule has 0 bridgehead atoms. The van der Waals surface area contributed by atoms with Crippen molar-refractivity contribution in [3.05, 3.63) is 48.0 Å². The number of nitrogens with zero attached hydrogens (tertiary/aromatic N) is 2. The van der Waals surface area contributed by atoms with Crippen LogP contribution < -0.4 is 10.5 Å². The third kappa shape index (κ3) is 4.07. The molecule has 8 heteroatoms. The molecule has 1 saturated carbocycles. The van der Waals surface area contributed by atoms with E-state index < -0.39 is 10.0 Å². The normalized spacial score (nSPS) is 14.3. The first-order valence-electron chi connectivity index (χ1n) is 11.0. The number of sulfonamides is 1. The maximum absolute atomic E-state index is 12.5. The summed E-state index contributed by atoms with van der Waals surface area (Å²) in [5.74, 6) is 0.0268. The number of nitrogens with two attached hydrogens (primary N) is 1. The highest BCUT2D eigenvalue weighted by Crippen LogP contribution is 2.44. The van der Waals surface area contributed by atoms with E-state index in [0.717, 1.165) is 35.0 Å². The van der Waals surface area contributed by atoms with Crippen molar-refractivity contribution in [1.29, 1.82) is 0 Å². The van der Waals surface area contributed by atoms with Gasteiger partial charge in [0.15, 0.2) is 0 Å². The molecule has 1 fully saturated rings. The first-order chi connectivity index (χ1) is 15.2. The summed E-state index contributed by atoms with van der Waals surface area (Å²) in [7, 11) is 0.123. The van der Waals surface area contributed by atoms with Gasteiger partial charge >= 0.3 is 0 Å². The third-order valence-corrected chi connectivity index (χ3v) is 7.53. The van der Waals surface area contributed by atoms with Crippen LogP contribution in [-0.4, -0.2) is 43.6 Å². The van der Waals surface area contributed by atoms with E-state index in [4.69, 9.17) is 5.73 Å². The molecule has 2 aromatic carbocycles. The molecule has 170 valence electrons. The molecule has 1 aromatic heterocycles. The van der Waals surface area contributed by atoms with Crippen molar-refractivity contribution in [2.75, 3.05) is 30.3 Å². The summed E-state index contributed by atoms with van der Waals surface area (Å²) in [6.07, 6.45) is 3.91. The molecule has 1 aliphatic rings. The quantitative estimate of drug-likeness (QED) is 0.550. The predicted molar refractivity (Wildman–Crippen MR) is 130 cm³/mol. The van der Waals surface area contributed by atoms with Crippen molar-refractivity contribution in [1.82, 2.24) is 9.47 Å². The van der Waals surface area contributed by atoms with Crippen LogP contribution in [0, 0.1) is 0 Å². The second-order valence-electron chi connectivity index (χ2n) is 8.65. The molecule has 4 rings (SSSR count). The van der Waals surface area contributed by atoms with Crippen LogP contribution in [0.15, 0.2) is 42.5 Å². The molecule has 1 aliphatic carbocycles. The molecule has 1 amide bonds. The summed E-state index contributed by atoms with van der Waals surface area (Å²) in [5.41, 5.74) is 11.3. The van der Waals surface area contributed by atoms with Crippen molar-refractivity contribution in [3.63, 3.8) is 0 Å². The molecule has 32 heavy (non-hydrogen) atoms. The second kappa shape index (κ2) is 8.50. The predicted octanol–water partition coefficient (Wildman–Crippen LogP) is 4.47. The molecule has 1 heterocycles. The first kappa shape index (κ1) is 22.2. The number of amides is 1. The average molecular weight is 455 g/mol. The number of rotatable bonds is 7. The fourth-order valence-electron chi connectivity index (χ4n) is 4.25. The van der Waals surface area contributed by atoms with E-state index in [1.807, 2.05) is 37.3 Å². The SMILES string of the molecule is CCCS(=O)(=O)Nc1ccc(-c2c(N)c3cc(C(=O)N(C)C)ccc3n2C2CCC2)cc1. The number of benzene rings is 2.